The quantitative estimate of drug-likeness (QED) is 0.672. The maximum absolute atomic E-state index is 11.7. The van der Waals surface area contributed by atoms with Gasteiger partial charge in [0.25, 0.3) is 0 Å². The van der Waals surface area contributed by atoms with Gasteiger partial charge in [0.15, 0.2) is 0 Å². The van der Waals surface area contributed by atoms with Gasteiger partial charge in [-0.05, 0) is 12.8 Å². The minimum atomic E-state index is -4.16. The van der Waals surface area contributed by atoms with E-state index in [9.17, 15) is 18.0 Å². The lowest BCUT2D eigenvalue weighted by molar-refractivity contribution is -0.136. The molecular formula is C8H15F3N2O. The van der Waals surface area contributed by atoms with E-state index in [4.69, 9.17) is 5.73 Å². The van der Waals surface area contributed by atoms with E-state index in [1.165, 1.54) is 0 Å². The Kier molecular flexibility index (Phi) is 5.52. The van der Waals surface area contributed by atoms with Crippen molar-refractivity contribution >= 4 is 5.91 Å². The molecule has 0 aromatic rings. The van der Waals surface area contributed by atoms with Gasteiger partial charge in [0.2, 0.25) is 5.91 Å². The number of carbonyl (C=O) groups excluding carboxylic acids is 1. The lowest BCUT2D eigenvalue weighted by Gasteiger charge is -2.10. The largest absolute Gasteiger partial charge is 0.389 e. The van der Waals surface area contributed by atoms with Crippen molar-refractivity contribution in [3.05, 3.63) is 0 Å². The maximum atomic E-state index is 11.7. The molecule has 0 aliphatic carbocycles. The van der Waals surface area contributed by atoms with Gasteiger partial charge < -0.3 is 11.1 Å². The van der Waals surface area contributed by atoms with Crippen LogP contribution in [0.3, 0.4) is 0 Å². The van der Waals surface area contributed by atoms with Crippen molar-refractivity contribution in [1.82, 2.24) is 5.32 Å². The van der Waals surface area contributed by atoms with E-state index in [0.29, 0.717) is 6.42 Å². The minimum Gasteiger partial charge on any atom is -0.355 e. The summed E-state index contributed by atoms with van der Waals surface area (Å²) in [5.74, 6) is -0.394. The molecule has 0 aliphatic heterocycles. The van der Waals surface area contributed by atoms with Crippen LogP contribution < -0.4 is 11.1 Å². The van der Waals surface area contributed by atoms with Gasteiger partial charge in [0.1, 0.15) is 0 Å². The second kappa shape index (κ2) is 5.85. The highest BCUT2D eigenvalue weighted by Gasteiger charge is 2.26. The summed E-state index contributed by atoms with van der Waals surface area (Å²) in [5.41, 5.74) is 5.35. The van der Waals surface area contributed by atoms with Crippen LogP contribution in [-0.4, -0.2) is 24.7 Å². The third-order valence-corrected chi connectivity index (χ3v) is 1.71. The zero-order valence-corrected chi connectivity index (χ0v) is 8.03. The highest BCUT2D eigenvalue weighted by molar-refractivity contribution is 5.81. The third kappa shape index (κ3) is 6.71. The van der Waals surface area contributed by atoms with E-state index in [1.807, 2.05) is 0 Å². The van der Waals surface area contributed by atoms with Crippen molar-refractivity contribution in [2.45, 2.75) is 38.4 Å². The van der Waals surface area contributed by atoms with Crippen molar-refractivity contribution in [2.75, 3.05) is 6.54 Å². The van der Waals surface area contributed by atoms with Gasteiger partial charge in [0, 0.05) is 13.0 Å². The molecule has 6 heteroatoms. The number of hydrogen-bond donors (Lipinski definition) is 2. The Balaban J connectivity index is 3.51. The molecule has 0 aromatic carbocycles. The number of rotatable bonds is 5. The van der Waals surface area contributed by atoms with Gasteiger partial charge in [-0.25, -0.2) is 0 Å². The summed E-state index contributed by atoms with van der Waals surface area (Å²) >= 11 is 0. The van der Waals surface area contributed by atoms with E-state index in [0.717, 1.165) is 0 Å². The lowest BCUT2D eigenvalue weighted by atomic mass is 10.2. The van der Waals surface area contributed by atoms with Crippen LogP contribution in [0.1, 0.15) is 26.2 Å². The molecule has 0 saturated carbocycles. The van der Waals surface area contributed by atoms with Crippen molar-refractivity contribution in [3.8, 4) is 0 Å². The summed E-state index contributed by atoms with van der Waals surface area (Å²) in [6.45, 7) is 1.76. The average molecular weight is 212 g/mol. The van der Waals surface area contributed by atoms with Crippen LogP contribution in [0.15, 0.2) is 0 Å². The lowest BCUT2D eigenvalue weighted by Crippen LogP contribution is -2.40. The minimum absolute atomic E-state index is 0.0199. The summed E-state index contributed by atoms with van der Waals surface area (Å²) in [7, 11) is 0. The summed E-state index contributed by atoms with van der Waals surface area (Å²) in [5, 5.41) is 2.34. The van der Waals surface area contributed by atoms with Crippen molar-refractivity contribution in [2.24, 2.45) is 5.73 Å². The van der Waals surface area contributed by atoms with Crippen LogP contribution in [-0.2, 0) is 4.79 Å². The van der Waals surface area contributed by atoms with E-state index < -0.39 is 24.5 Å². The molecule has 3 N–H and O–H groups in total. The predicted molar refractivity (Wildman–Crippen MR) is 46.6 cm³/mol. The number of carbonyl (C=O) groups is 1. The number of nitrogens with one attached hydrogen (secondary N) is 1. The molecule has 0 rings (SSSR count). The second-order valence-corrected chi connectivity index (χ2v) is 3.02. The molecule has 0 heterocycles. The van der Waals surface area contributed by atoms with E-state index in [-0.39, 0.29) is 13.0 Å². The zero-order valence-electron chi connectivity index (χ0n) is 8.03. The van der Waals surface area contributed by atoms with Gasteiger partial charge in [-0.2, -0.15) is 13.2 Å². The standard InChI is InChI=1S/C8H15F3N2O/c1-2-6(12)7(14)13-5-3-4-8(9,10)11/h6H,2-5,12H2,1H3,(H,13,14). The van der Waals surface area contributed by atoms with Gasteiger partial charge in [-0.1, -0.05) is 6.92 Å². The van der Waals surface area contributed by atoms with Crippen LogP contribution in [0.4, 0.5) is 13.2 Å². The highest BCUT2D eigenvalue weighted by atomic mass is 19.4. The van der Waals surface area contributed by atoms with E-state index in [1.54, 1.807) is 6.92 Å². The fourth-order valence-electron chi connectivity index (χ4n) is 0.817. The monoisotopic (exact) mass is 212 g/mol. The highest BCUT2D eigenvalue weighted by Crippen LogP contribution is 2.20. The Hall–Kier alpha value is -0.780. The second-order valence-electron chi connectivity index (χ2n) is 3.02. The SMILES string of the molecule is CCC(N)C(=O)NCCCC(F)(F)F. The van der Waals surface area contributed by atoms with Crippen molar-refractivity contribution in [3.63, 3.8) is 0 Å². The third-order valence-electron chi connectivity index (χ3n) is 1.71. The predicted octanol–water partition coefficient (Wildman–Crippen LogP) is 1.18. The van der Waals surface area contributed by atoms with Crippen LogP contribution >= 0.6 is 0 Å². The summed E-state index contributed by atoms with van der Waals surface area (Å²) in [6.07, 6.45) is -4.66. The first-order valence-electron chi connectivity index (χ1n) is 4.47. The van der Waals surface area contributed by atoms with Crippen molar-refractivity contribution < 1.29 is 18.0 Å². The number of hydrogen-bond acceptors (Lipinski definition) is 2. The Morgan fingerprint density at radius 3 is 2.50 bits per heavy atom. The molecule has 1 amide bonds. The molecule has 0 fully saturated rings. The first kappa shape index (κ1) is 13.2. The molecular weight excluding hydrogens is 197 g/mol. The average Bonchev–Trinajstić information content (AvgIpc) is 2.09. The number of halogens is 3. The first-order valence-corrected chi connectivity index (χ1v) is 4.47. The van der Waals surface area contributed by atoms with Gasteiger partial charge >= 0.3 is 6.18 Å². The topological polar surface area (TPSA) is 55.1 Å². The first-order chi connectivity index (χ1) is 6.37. The normalized spacial score (nSPS) is 13.8. The number of nitrogens with two attached hydrogens (primary N) is 1. The van der Waals surface area contributed by atoms with Crippen molar-refractivity contribution in [1.29, 1.82) is 0 Å². The van der Waals surface area contributed by atoms with Crippen LogP contribution in [0.25, 0.3) is 0 Å². The molecule has 0 aromatic heterocycles. The molecule has 14 heavy (non-hydrogen) atoms. The molecule has 0 aliphatic rings. The Morgan fingerprint density at radius 1 is 1.50 bits per heavy atom. The summed E-state index contributed by atoms with van der Waals surface area (Å²) in [6, 6.07) is -0.624. The van der Waals surface area contributed by atoms with Gasteiger partial charge in [0.05, 0.1) is 6.04 Å². The Morgan fingerprint density at radius 2 is 2.07 bits per heavy atom. The molecule has 1 atom stereocenters. The summed E-state index contributed by atoms with van der Waals surface area (Å²) in [4.78, 5) is 11.0. The number of amides is 1. The fourth-order valence-corrected chi connectivity index (χ4v) is 0.817. The van der Waals surface area contributed by atoms with Gasteiger partial charge in [-0.15, -0.1) is 0 Å². The van der Waals surface area contributed by atoms with Gasteiger partial charge in [-0.3, -0.25) is 4.79 Å². The smallest absolute Gasteiger partial charge is 0.355 e. The zero-order chi connectivity index (χ0) is 11.2. The number of alkyl halides is 3. The van der Waals surface area contributed by atoms with Crippen LogP contribution in [0.5, 0.6) is 0 Å². The van der Waals surface area contributed by atoms with E-state index >= 15 is 0 Å². The van der Waals surface area contributed by atoms with E-state index in [2.05, 4.69) is 5.32 Å². The van der Waals surface area contributed by atoms with Crippen LogP contribution in [0.2, 0.25) is 0 Å². The maximum Gasteiger partial charge on any atom is 0.389 e. The molecule has 0 spiro atoms. The molecule has 84 valence electrons. The molecule has 0 saturated heterocycles. The van der Waals surface area contributed by atoms with Crippen LogP contribution in [0, 0.1) is 0 Å². The molecule has 1 unspecified atom stereocenters. The fraction of sp³-hybridized carbons (Fsp3) is 0.875. The summed E-state index contributed by atoms with van der Waals surface area (Å²) < 4.78 is 35.0. The molecule has 0 bridgehead atoms. The Bertz CT molecular complexity index is 182. The Labute approximate surface area is 80.8 Å². The molecule has 0 radical (unpaired) electrons. The molecule has 3 nitrogen and oxygen atoms in total.